The number of pyridine rings is 1. The van der Waals surface area contributed by atoms with Gasteiger partial charge in [0.2, 0.25) is 0 Å². The summed E-state index contributed by atoms with van der Waals surface area (Å²) in [5.74, 6) is 1.83. The molecule has 1 saturated heterocycles. The highest BCUT2D eigenvalue weighted by Gasteiger charge is 2.24. The molecule has 1 aliphatic heterocycles. The Morgan fingerprint density at radius 1 is 1.24 bits per heavy atom. The van der Waals surface area contributed by atoms with Crippen LogP contribution in [0.2, 0.25) is 0 Å². The number of aliphatic hydroxyl groups excluding tert-OH is 1. The Balaban J connectivity index is 1.79. The number of aromatic nitrogens is 1. The summed E-state index contributed by atoms with van der Waals surface area (Å²) in [7, 11) is 0. The standard InChI is InChI=1S/C27H29N5O2/c1-4-8-21(27(28)29-3)26(33)25-20(23-13-11-18(2)34-23)12-14-24(31-25)32-16-15-30-22(17-32)19-9-6-5-7-10-19/h4-14,22,28,30,33H,3,15-17H2,1-2H3/b8-4-,26-21?,28-27?. The van der Waals surface area contributed by atoms with E-state index in [0.717, 1.165) is 31.2 Å². The molecule has 0 amide bonds. The number of piperazine rings is 1. The van der Waals surface area contributed by atoms with Crippen molar-refractivity contribution in [3.05, 3.63) is 89.3 Å². The molecule has 7 nitrogen and oxygen atoms in total. The number of furan rings is 1. The first-order chi connectivity index (χ1) is 16.5. The quantitative estimate of drug-likeness (QED) is 0.202. The minimum atomic E-state index is -0.142. The van der Waals surface area contributed by atoms with Crippen LogP contribution in [0.3, 0.4) is 0 Å². The molecule has 0 aliphatic carbocycles. The maximum Gasteiger partial charge on any atom is 0.154 e. The number of rotatable bonds is 6. The molecule has 1 aliphatic rings. The highest BCUT2D eigenvalue weighted by atomic mass is 16.3. The van der Waals surface area contributed by atoms with Crippen molar-refractivity contribution < 1.29 is 9.52 Å². The number of aryl methyl sites for hydroxylation is 1. The summed E-state index contributed by atoms with van der Waals surface area (Å²) in [4.78, 5) is 10.8. The molecule has 0 spiro atoms. The van der Waals surface area contributed by atoms with Gasteiger partial charge in [-0.15, -0.1) is 0 Å². The molecule has 0 radical (unpaired) electrons. The van der Waals surface area contributed by atoms with Gasteiger partial charge in [-0.2, -0.15) is 0 Å². The van der Waals surface area contributed by atoms with E-state index in [-0.39, 0.29) is 23.2 Å². The summed E-state index contributed by atoms with van der Waals surface area (Å²) in [5.41, 5.74) is 2.44. The van der Waals surface area contributed by atoms with Gasteiger partial charge in [0.05, 0.1) is 5.57 Å². The summed E-state index contributed by atoms with van der Waals surface area (Å²) in [6, 6.07) is 18.1. The third kappa shape index (κ3) is 4.84. The van der Waals surface area contributed by atoms with Gasteiger partial charge in [-0.1, -0.05) is 42.5 Å². The zero-order valence-electron chi connectivity index (χ0n) is 19.5. The van der Waals surface area contributed by atoms with Crippen molar-refractivity contribution in [2.24, 2.45) is 4.99 Å². The van der Waals surface area contributed by atoms with Crippen LogP contribution in [0.15, 0.2) is 81.7 Å². The lowest BCUT2D eigenvalue weighted by Gasteiger charge is -2.35. The summed E-state index contributed by atoms with van der Waals surface area (Å²) >= 11 is 0. The fraction of sp³-hybridized carbons (Fsp3) is 0.222. The highest BCUT2D eigenvalue weighted by molar-refractivity contribution is 6.06. The topological polar surface area (TPSA) is 97.7 Å². The third-order valence-corrected chi connectivity index (χ3v) is 5.81. The summed E-state index contributed by atoms with van der Waals surface area (Å²) in [5, 5.41) is 23.0. The van der Waals surface area contributed by atoms with E-state index >= 15 is 0 Å². The third-order valence-electron chi connectivity index (χ3n) is 5.81. The molecular weight excluding hydrogens is 426 g/mol. The van der Waals surface area contributed by atoms with E-state index in [1.165, 1.54) is 5.56 Å². The molecule has 3 N–H and O–H groups in total. The van der Waals surface area contributed by atoms with Crippen molar-refractivity contribution >= 4 is 24.1 Å². The molecule has 1 aromatic carbocycles. The number of aliphatic hydroxyl groups is 1. The van der Waals surface area contributed by atoms with Gasteiger partial charge in [-0.3, -0.25) is 5.41 Å². The van der Waals surface area contributed by atoms with Crippen LogP contribution in [0.5, 0.6) is 0 Å². The van der Waals surface area contributed by atoms with Crippen LogP contribution in [0.4, 0.5) is 5.82 Å². The van der Waals surface area contributed by atoms with Crippen molar-refractivity contribution in [3.63, 3.8) is 0 Å². The first-order valence-electron chi connectivity index (χ1n) is 11.2. The number of amidine groups is 1. The van der Waals surface area contributed by atoms with Crippen molar-refractivity contribution in [2.75, 3.05) is 24.5 Å². The largest absolute Gasteiger partial charge is 0.505 e. The van der Waals surface area contributed by atoms with E-state index in [4.69, 9.17) is 14.8 Å². The van der Waals surface area contributed by atoms with Crippen molar-refractivity contribution in [1.82, 2.24) is 10.3 Å². The second-order valence-corrected chi connectivity index (χ2v) is 8.11. The van der Waals surface area contributed by atoms with Gasteiger partial charge in [0.25, 0.3) is 0 Å². The average Bonchev–Trinajstić information content (AvgIpc) is 3.32. The van der Waals surface area contributed by atoms with E-state index in [2.05, 4.69) is 34.1 Å². The van der Waals surface area contributed by atoms with Gasteiger partial charge in [-0.05, 0) is 50.4 Å². The second-order valence-electron chi connectivity index (χ2n) is 8.11. The maximum absolute atomic E-state index is 11.3. The zero-order valence-corrected chi connectivity index (χ0v) is 19.5. The number of allylic oxidation sites excluding steroid dienone is 1. The fourth-order valence-corrected chi connectivity index (χ4v) is 4.10. The molecule has 3 aromatic rings. The molecule has 0 bridgehead atoms. The fourth-order valence-electron chi connectivity index (χ4n) is 4.10. The normalized spacial score (nSPS) is 17.0. The van der Waals surface area contributed by atoms with Gasteiger partial charge >= 0.3 is 0 Å². The molecule has 34 heavy (non-hydrogen) atoms. The summed E-state index contributed by atoms with van der Waals surface area (Å²) in [6.45, 7) is 9.46. The monoisotopic (exact) mass is 455 g/mol. The Hall–Kier alpha value is -3.97. The first kappa shape index (κ1) is 23.2. The Kier molecular flexibility index (Phi) is 7.04. The van der Waals surface area contributed by atoms with Gasteiger partial charge in [0.15, 0.2) is 11.6 Å². The maximum atomic E-state index is 11.3. The summed E-state index contributed by atoms with van der Waals surface area (Å²) in [6.07, 6.45) is 3.38. The van der Waals surface area contributed by atoms with Crippen LogP contribution in [0.25, 0.3) is 17.1 Å². The molecular formula is C27H29N5O2. The van der Waals surface area contributed by atoms with E-state index in [0.29, 0.717) is 17.0 Å². The van der Waals surface area contributed by atoms with Crippen molar-refractivity contribution in [1.29, 1.82) is 5.41 Å². The Labute approximate surface area is 199 Å². The van der Waals surface area contributed by atoms with E-state index in [9.17, 15) is 5.11 Å². The van der Waals surface area contributed by atoms with Crippen LogP contribution in [-0.4, -0.2) is 42.3 Å². The van der Waals surface area contributed by atoms with E-state index < -0.39 is 0 Å². The van der Waals surface area contributed by atoms with E-state index in [1.54, 1.807) is 12.2 Å². The SMILES string of the molecule is C=NC(=N)C(/C=C\C)=C(O)c1nc(N2CCNC(c3ccccc3)C2)ccc1-c1ccc(C)o1. The number of anilines is 1. The molecule has 1 fully saturated rings. The lowest BCUT2D eigenvalue weighted by atomic mass is 10.0. The predicted octanol–water partition coefficient (Wildman–Crippen LogP) is 5.32. The van der Waals surface area contributed by atoms with Crippen molar-refractivity contribution in [3.8, 4) is 11.3 Å². The molecule has 174 valence electrons. The highest BCUT2D eigenvalue weighted by Crippen LogP contribution is 2.33. The van der Waals surface area contributed by atoms with Crippen LogP contribution in [0, 0.1) is 12.3 Å². The van der Waals surface area contributed by atoms with E-state index in [1.807, 2.05) is 56.3 Å². The molecule has 1 atom stereocenters. The molecule has 4 rings (SSSR count). The smallest absolute Gasteiger partial charge is 0.154 e. The van der Waals surface area contributed by atoms with Gasteiger partial charge in [-0.25, -0.2) is 9.98 Å². The Morgan fingerprint density at radius 3 is 2.71 bits per heavy atom. The lowest BCUT2D eigenvalue weighted by Crippen LogP contribution is -2.46. The number of nitrogens with one attached hydrogen (secondary N) is 2. The first-order valence-corrected chi connectivity index (χ1v) is 11.2. The van der Waals surface area contributed by atoms with Gasteiger partial charge in [0, 0.05) is 31.2 Å². The van der Waals surface area contributed by atoms with Crippen LogP contribution >= 0.6 is 0 Å². The van der Waals surface area contributed by atoms with Crippen LogP contribution in [-0.2, 0) is 0 Å². The average molecular weight is 456 g/mol. The molecule has 0 saturated carbocycles. The molecule has 7 heteroatoms. The van der Waals surface area contributed by atoms with Crippen molar-refractivity contribution in [2.45, 2.75) is 19.9 Å². The zero-order chi connectivity index (χ0) is 24.1. The van der Waals surface area contributed by atoms with Crippen LogP contribution < -0.4 is 10.2 Å². The predicted molar refractivity (Wildman–Crippen MR) is 138 cm³/mol. The lowest BCUT2D eigenvalue weighted by molar-refractivity contribution is 0.469. The number of nitrogens with zero attached hydrogens (tertiary/aromatic N) is 3. The number of aliphatic imine (C=N–C) groups is 1. The summed E-state index contributed by atoms with van der Waals surface area (Å²) < 4.78 is 5.84. The Bertz CT molecular complexity index is 1240. The molecule has 3 heterocycles. The molecule has 1 unspecified atom stereocenters. The number of benzene rings is 1. The molecule has 2 aromatic heterocycles. The second kappa shape index (κ2) is 10.3. The van der Waals surface area contributed by atoms with Crippen LogP contribution in [0.1, 0.15) is 30.0 Å². The van der Waals surface area contributed by atoms with Gasteiger partial charge in [0.1, 0.15) is 23.0 Å². The van der Waals surface area contributed by atoms with Gasteiger partial charge < -0.3 is 19.7 Å². The number of hydrogen-bond donors (Lipinski definition) is 3. The minimum Gasteiger partial charge on any atom is -0.505 e. The Morgan fingerprint density at radius 2 is 2.03 bits per heavy atom. The minimum absolute atomic E-state index is 0.129. The number of hydrogen-bond acceptors (Lipinski definition) is 6.